The van der Waals surface area contributed by atoms with Crippen LogP contribution in [0.4, 0.5) is 5.69 Å². The van der Waals surface area contributed by atoms with Gasteiger partial charge in [-0.3, -0.25) is 4.79 Å². The smallest absolute Gasteiger partial charge is 0.280 e. The van der Waals surface area contributed by atoms with E-state index >= 15 is 0 Å². The molecule has 2 saturated heterocycles. The first-order valence-electron chi connectivity index (χ1n) is 7.37. The first kappa shape index (κ1) is 13.7. The van der Waals surface area contributed by atoms with Gasteiger partial charge in [0.15, 0.2) is 6.04 Å². The first-order chi connectivity index (χ1) is 9.74. The number of nitrogens with two attached hydrogens (primary N) is 1. The van der Waals surface area contributed by atoms with E-state index in [1.165, 1.54) is 6.42 Å². The fourth-order valence-corrected chi connectivity index (χ4v) is 3.28. The third-order valence-corrected chi connectivity index (χ3v) is 4.49. The lowest BCUT2D eigenvalue weighted by atomic mass is 10.1. The number of anilines is 1. The Balaban J connectivity index is 1.58. The summed E-state index contributed by atoms with van der Waals surface area (Å²) >= 11 is 6.03. The lowest BCUT2D eigenvalue weighted by Gasteiger charge is -2.36. The predicted molar refractivity (Wildman–Crippen MR) is 80.1 cm³/mol. The molecule has 3 rings (SSSR count). The molecule has 5 heteroatoms. The molecule has 2 N–H and O–H groups in total. The van der Waals surface area contributed by atoms with Crippen LogP contribution in [0, 0.1) is 0 Å². The SMILES string of the molecule is O=C([C@@H]1CCC[NH2+]1)N1CCN(c2cccc(Cl)c2)CC1. The molecule has 0 bridgehead atoms. The number of quaternary nitrogens is 1. The lowest BCUT2D eigenvalue weighted by molar-refractivity contribution is -0.658. The van der Waals surface area contributed by atoms with E-state index in [1.54, 1.807) is 0 Å². The van der Waals surface area contributed by atoms with Gasteiger partial charge in [-0.05, 0) is 18.2 Å². The highest BCUT2D eigenvalue weighted by Gasteiger charge is 2.32. The van der Waals surface area contributed by atoms with E-state index in [-0.39, 0.29) is 6.04 Å². The molecule has 0 saturated carbocycles. The average Bonchev–Trinajstić information content (AvgIpc) is 3.01. The standard InChI is InChI=1S/C15H20ClN3O/c16-12-3-1-4-13(11-12)18-7-9-19(10-8-18)15(20)14-5-2-6-17-14/h1,3-4,11,14,17H,2,5-10H2/p+1/t14-/m0/s1. The van der Waals surface area contributed by atoms with Gasteiger partial charge in [0.2, 0.25) is 0 Å². The molecular weight excluding hydrogens is 274 g/mol. The molecule has 0 radical (unpaired) electrons. The normalized spacial score (nSPS) is 23.1. The highest BCUT2D eigenvalue weighted by atomic mass is 35.5. The van der Waals surface area contributed by atoms with Gasteiger partial charge < -0.3 is 15.1 Å². The molecule has 0 aliphatic carbocycles. The molecule has 2 fully saturated rings. The Morgan fingerprint density at radius 1 is 1.25 bits per heavy atom. The molecule has 2 aliphatic rings. The summed E-state index contributed by atoms with van der Waals surface area (Å²) in [5.74, 6) is 0.327. The molecule has 1 aromatic carbocycles. The third kappa shape index (κ3) is 2.91. The number of hydrogen-bond donors (Lipinski definition) is 1. The number of rotatable bonds is 2. The van der Waals surface area contributed by atoms with Gasteiger partial charge in [-0.2, -0.15) is 0 Å². The van der Waals surface area contributed by atoms with Crippen LogP contribution in [0.5, 0.6) is 0 Å². The van der Waals surface area contributed by atoms with Gasteiger partial charge in [0.05, 0.1) is 6.54 Å². The Morgan fingerprint density at radius 3 is 2.70 bits per heavy atom. The molecule has 0 unspecified atom stereocenters. The molecule has 1 aromatic rings. The maximum atomic E-state index is 12.4. The number of benzene rings is 1. The summed E-state index contributed by atoms with van der Waals surface area (Å²) in [4.78, 5) is 16.7. The van der Waals surface area contributed by atoms with Crippen LogP contribution in [0.2, 0.25) is 5.02 Å². The van der Waals surface area contributed by atoms with Gasteiger partial charge in [-0.25, -0.2) is 0 Å². The van der Waals surface area contributed by atoms with Crippen molar-refractivity contribution in [2.24, 2.45) is 0 Å². The van der Waals surface area contributed by atoms with Gasteiger partial charge in [-0.1, -0.05) is 17.7 Å². The largest absolute Gasteiger partial charge is 0.368 e. The van der Waals surface area contributed by atoms with Gasteiger partial charge in [0.25, 0.3) is 5.91 Å². The van der Waals surface area contributed by atoms with E-state index in [1.807, 2.05) is 23.1 Å². The summed E-state index contributed by atoms with van der Waals surface area (Å²) in [6, 6.07) is 8.11. The van der Waals surface area contributed by atoms with Crippen LogP contribution in [0.3, 0.4) is 0 Å². The maximum absolute atomic E-state index is 12.4. The quantitative estimate of drug-likeness (QED) is 0.873. The number of amides is 1. The van der Waals surface area contributed by atoms with E-state index < -0.39 is 0 Å². The van der Waals surface area contributed by atoms with Crippen molar-refractivity contribution in [2.45, 2.75) is 18.9 Å². The van der Waals surface area contributed by atoms with Crippen molar-refractivity contribution >= 4 is 23.2 Å². The van der Waals surface area contributed by atoms with Crippen LogP contribution in [0.1, 0.15) is 12.8 Å². The summed E-state index contributed by atoms with van der Waals surface area (Å²) in [6.45, 7) is 4.50. The Kier molecular flexibility index (Phi) is 4.13. The second-order valence-electron chi connectivity index (χ2n) is 5.57. The highest BCUT2D eigenvalue weighted by molar-refractivity contribution is 6.30. The lowest BCUT2D eigenvalue weighted by Crippen LogP contribution is -2.89. The van der Waals surface area contributed by atoms with Gasteiger partial charge >= 0.3 is 0 Å². The Bertz CT molecular complexity index is 480. The number of hydrogen-bond acceptors (Lipinski definition) is 2. The molecule has 2 heterocycles. The highest BCUT2D eigenvalue weighted by Crippen LogP contribution is 2.21. The molecule has 0 aromatic heterocycles. The Hall–Kier alpha value is -1.26. The van der Waals surface area contributed by atoms with Crippen LogP contribution in [-0.2, 0) is 4.79 Å². The molecule has 1 atom stereocenters. The minimum atomic E-state index is 0.174. The summed E-state index contributed by atoms with van der Waals surface area (Å²) in [7, 11) is 0. The van der Waals surface area contributed by atoms with Crippen LogP contribution in [0.25, 0.3) is 0 Å². The summed E-state index contributed by atoms with van der Waals surface area (Å²) in [5.41, 5.74) is 1.15. The van der Waals surface area contributed by atoms with Crippen molar-refractivity contribution in [2.75, 3.05) is 37.6 Å². The Morgan fingerprint density at radius 2 is 2.05 bits per heavy atom. The predicted octanol–water partition coefficient (Wildman–Crippen LogP) is 0.714. The van der Waals surface area contributed by atoms with Crippen molar-refractivity contribution in [3.8, 4) is 0 Å². The maximum Gasteiger partial charge on any atom is 0.280 e. The zero-order chi connectivity index (χ0) is 13.9. The van der Waals surface area contributed by atoms with E-state index in [9.17, 15) is 4.79 Å². The van der Waals surface area contributed by atoms with Gasteiger partial charge in [0.1, 0.15) is 0 Å². The van der Waals surface area contributed by atoms with E-state index in [4.69, 9.17) is 11.6 Å². The molecule has 2 aliphatic heterocycles. The van der Waals surface area contributed by atoms with Crippen LogP contribution in [0.15, 0.2) is 24.3 Å². The van der Waals surface area contributed by atoms with Gasteiger partial charge in [-0.15, -0.1) is 0 Å². The zero-order valence-electron chi connectivity index (χ0n) is 11.6. The van der Waals surface area contributed by atoms with Crippen molar-refractivity contribution < 1.29 is 10.1 Å². The zero-order valence-corrected chi connectivity index (χ0v) is 12.4. The number of carbonyl (C=O) groups excluding carboxylic acids is 1. The molecule has 1 amide bonds. The average molecular weight is 295 g/mol. The second kappa shape index (κ2) is 6.02. The molecule has 108 valence electrons. The molecule has 0 spiro atoms. The van der Waals surface area contributed by atoms with Crippen molar-refractivity contribution in [3.05, 3.63) is 29.3 Å². The fourth-order valence-electron chi connectivity index (χ4n) is 3.09. The first-order valence-corrected chi connectivity index (χ1v) is 7.74. The number of nitrogens with zero attached hydrogens (tertiary/aromatic N) is 2. The van der Waals surface area contributed by atoms with E-state index in [0.29, 0.717) is 5.91 Å². The second-order valence-corrected chi connectivity index (χ2v) is 6.00. The summed E-state index contributed by atoms with van der Waals surface area (Å²) in [6.07, 6.45) is 2.20. The minimum Gasteiger partial charge on any atom is -0.368 e. The van der Waals surface area contributed by atoms with Crippen molar-refractivity contribution in [1.82, 2.24) is 4.90 Å². The number of piperazine rings is 1. The molecule has 20 heavy (non-hydrogen) atoms. The monoisotopic (exact) mass is 294 g/mol. The summed E-state index contributed by atoms with van der Waals surface area (Å²) in [5, 5.41) is 2.95. The van der Waals surface area contributed by atoms with Crippen molar-refractivity contribution in [1.29, 1.82) is 0 Å². The topological polar surface area (TPSA) is 40.2 Å². The minimum absolute atomic E-state index is 0.174. The molecular formula is C15H21ClN3O+. The third-order valence-electron chi connectivity index (χ3n) is 4.25. The van der Waals surface area contributed by atoms with Crippen LogP contribution < -0.4 is 10.2 Å². The number of carbonyl (C=O) groups is 1. The van der Waals surface area contributed by atoms with Crippen LogP contribution in [-0.4, -0.2) is 49.6 Å². The van der Waals surface area contributed by atoms with E-state index in [2.05, 4.69) is 16.3 Å². The van der Waals surface area contributed by atoms with Gasteiger partial charge in [0, 0.05) is 49.7 Å². The van der Waals surface area contributed by atoms with Crippen LogP contribution >= 0.6 is 11.6 Å². The Labute approximate surface area is 124 Å². The summed E-state index contributed by atoms with van der Waals surface area (Å²) < 4.78 is 0. The fraction of sp³-hybridized carbons (Fsp3) is 0.533. The number of halogens is 1. The van der Waals surface area contributed by atoms with Crippen molar-refractivity contribution in [3.63, 3.8) is 0 Å². The van der Waals surface area contributed by atoms with E-state index in [0.717, 1.165) is 49.9 Å². The molecule has 4 nitrogen and oxygen atoms in total.